The van der Waals surface area contributed by atoms with Crippen molar-refractivity contribution in [3.8, 4) is 0 Å². The van der Waals surface area contributed by atoms with Crippen molar-refractivity contribution < 1.29 is 14.3 Å². The molecule has 45 heavy (non-hydrogen) atoms. The smallest absolute Gasteiger partial charge is 0.330 e. The summed E-state index contributed by atoms with van der Waals surface area (Å²) in [6.45, 7) is 4.67. The van der Waals surface area contributed by atoms with Crippen molar-refractivity contribution in [3.05, 3.63) is 95.4 Å². The maximum atomic E-state index is 14.3. The first-order valence-electron chi connectivity index (χ1n) is 14.8. The Morgan fingerprint density at radius 3 is 2.69 bits per heavy atom. The summed E-state index contributed by atoms with van der Waals surface area (Å²) < 4.78 is 6.97. The van der Waals surface area contributed by atoms with Crippen LogP contribution < -0.4 is 15.5 Å². The van der Waals surface area contributed by atoms with Crippen LogP contribution in [0.25, 0.3) is 0 Å². The van der Waals surface area contributed by atoms with Gasteiger partial charge in [-0.25, -0.2) is 14.7 Å². The number of ether oxygens (including phenoxy) is 1. The zero-order chi connectivity index (χ0) is 31.2. The Morgan fingerprint density at radius 1 is 1.09 bits per heavy atom. The van der Waals surface area contributed by atoms with Crippen LogP contribution in [0.2, 0.25) is 5.15 Å². The third-order valence-corrected chi connectivity index (χ3v) is 7.80. The predicted octanol–water partition coefficient (Wildman–Crippen LogP) is 4.75. The highest BCUT2D eigenvalue weighted by Gasteiger charge is 2.31. The number of hydrogen-bond donors (Lipinski definition) is 2. The van der Waals surface area contributed by atoms with E-state index >= 15 is 0 Å². The van der Waals surface area contributed by atoms with E-state index in [1.54, 1.807) is 52.1 Å². The highest BCUT2D eigenvalue weighted by molar-refractivity contribution is 6.32. The van der Waals surface area contributed by atoms with Crippen molar-refractivity contribution in [1.82, 2.24) is 29.5 Å². The number of urea groups is 1. The average Bonchev–Trinajstić information content (AvgIpc) is 3.29. The van der Waals surface area contributed by atoms with Crippen molar-refractivity contribution >= 4 is 52.4 Å². The lowest BCUT2D eigenvalue weighted by atomic mass is 10.2. The maximum absolute atomic E-state index is 14.3. The number of nitrogens with one attached hydrogen (secondary N) is 2. The summed E-state index contributed by atoms with van der Waals surface area (Å²) in [4.78, 5) is 42.0. The van der Waals surface area contributed by atoms with Gasteiger partial charge in [-0.2, -0.15) is 10.1 Å². The molecule has 0 unspecified atom stereocenters. The molecule has 4 heterocycles. The largest absolute Gasteiger partial charge is 0.379 e. The second kappa shape index (κ2) is 13.9. The van der Waals surface area contributed by atoms with E-state index in [9.17, 15) is 9.59 Å². The summed E-state index contributed by atoms with van der Waals surface area (Å²) in [5.74, 6) is 0.464. The predicted molar refractivity (Wildman–Crippen MR) is 173 cm³/mol. The number of carbonyl (C=O) groups is 2. The van der Waals surface area contributed by atoms with Gasteiger partial charge >= 0.3 is 6.03 Å². The third kappa shape index (κ3) is 7.48. The zero-order valence-corrected chi connectivity index (χ0v) is 25.7. The molecule has 12 nitrogen and oxygen atoms in total. The number of rotatable bonds is 9. The van der Waals surface area contributed by atoms with Gasteiger partial charge in [0.25, 0.3) is 0 Å². The topological polar surface area (TPSA) is 121 Å². The van der Waals surface area contributed by atoms with Crippen LogP contribution in [-0.2, 0) is 29.5 Å². The van der Waals surface area contributed by atoms with Gasteiger partial charge in [-0.3, -0.25) is 14.4 Å². The Balaban J connectivity index is 1.28. The van der Waals surface area contributed by atoms with Crippen molar-refractivity contribution in [1.29, 1.82) is 0 Å². The van der Waals surface area contributed by atoms with E-state index in [-0.39, 0.29) is 23.0 Å². The SMILES string of the molecule is Cn1cc(Nc2ncc3c(n2)N(c2cccc(NC(=O)/C=C/CN4CCOCC4)c2)C(=O)N(Cc2ccccc2)CC3)c(Cl)n1. The van der Waals surface area contributed by atoms with E-state index in [0.717, 1.165) is 24.2 Å². The van der Waals surface area contributed by atoms with E-state index in [0.29, 0.717) is 62.1 Å². The second-order valence-electron chi connectivity index (χ2n) is 10.8. The lowest BCUT2D eigenvalue weighted by Gasteiger charge is -2.28. The lowest BCUT2D eigenvalue weighted by molar-refractivity contribution is -0.111. The molecule has 0 saturated carbocycles. The number of nitrogens with zero attached hydrogens (tertiary/aromatic N) is 7. The lowest BCUT2D eigenvalue weighted by Crippen LogP contribution is -2.40. The number of aromatic nitrogens is 4. The highest BCUT2D eigenvalue weighted by atomic mass is 35.5. The van der Waals surface area contributed by atoms with Gasteiger partial charge in [-0.15, -0.1) is 0 Å². The molecule has 2 aromatic carbocycles. The molecular formula is C32H34ClN9O3. The Labute approximate surface area is 266 Å². The Hall–Kier alpha value is -4.78. The van der Waals surface area contributed by atoms with Gasteiger partial charge in [-0.1, -0.05) is 54.1 Å². The molecule has 1 saturated heterocycles. The van der Waals surface area contributed by atoms with Crippen molar-refractivity contribution in [3.63, 3.8) is 0 Å². The maximum Gasteiger partial charge on any atom is 0.330 e. The number of anilines is 5. The molecule has 0 bridgehead atoms. The first-order chi connectivity index (χ1) is 21.9. The van der Waals surface area contributed by atoms with E-state index in [1.807, 2.05) is 42.5 Å². The van der Waals surface area contributed by atoms with Crippen LogP contribution in [0.3, 0.4) is 0 Å². The quantitative estimate of drug-likeness (QED) is 0.255. The van der Waals surface area contributed by atoms with E-state index in [2.05, 4.69) is 25.6 Å². The zero-order valence-electron chi connectivity index (χ0n) is 24.9. The summed E-state index contributed by atoms with van der Waals surface area (Å²) in [6, 6.07) is 16.8. The van der Waals surface area contributed by atoms with Crippen LogP contribution in [0.15, 0.2) is 79.1 Å². The van der Waals surface area contributed by atoms with Crippen LogP contribution >= 0.6 is 11.6 Å². The van der Waals surface area contributed by atoms with Gasteiger partial charge in [0.15, 0.2) is 5.15 Å². The molecule has 6 rings (SSSR count). The molecule has 13 heteroatoms. The third-order valence-electron chi connectivity index (χ3n) is 7.52. The standard InChI is InChI=1S/C32H34ClN9O3/c1-39-22-27(29(33)38-39)36-31-34-20-24-12-14-41(21-23-7-3-2-4-8-23)32(44)42(30(24)37-31)26-10-5-9-25(19-26)35-28(43)11-6-13-40-15-17-45-18-16-40/h2-11,19-20,22H,12-18,21H2,1H3,(H,35,43)(H,34,36,37)/b11-6+. The molecule has 1 fully saturated rings. The summed E-state index contributed by atoms with van der Waals surface area (Å²) in [7, 11) is 1.77. The fraction of sp³-hybridized carbons (Fsp3) is 0.281. The molecule has 2 aliphatic rings. The normalized spacial score (nSPS) is 15.6. The van der Waals surface area contributed by atoms with E-state index in [4.69, 9.17) is 21.3 Å². The summed E-state index contributed by atoms with van der Waals surface area (Å²) in [5.41, 5.74) is 3.47. The minimum absolute atomic E-state index is 0.240. The summed E-state index contributed by atoms with van der Waals surface area (Å²) in [6.07, 6.45) is 7.39. The fourth-order valence-corrected chi connectivity index (χ4v) is 5.47. The van der Waals surface area contributed by atoms with Crippen LogP contribution in [0.5, 0.6) is 0 Å². The van der Waals surface area contributed by atoms with Crippen molar-refractivity contribution in [2.75, 3.05) is 54.9 Å². The number of amides is 3. The Bertz CT molecular complexity index is 1690. The van der Waals surface area contributed by atoms with Crippen LogP contribution in [-0.4, -0.2) is 80.9 Å². The number of carbonyl (C=O) groups excluding carboxylic acids is 2. The minimum Gasteiger partial charge on any atom is -0.379 e. The number of benzene rings is 2. The molecule has 0 spiro atoms. The Morgan fingerprint density at radius 2 is 1.91 bits per heavy atom. The van der Waals surface area contributed by atoms with E-state index < -0.39 is 0 Å². The molecule has 0 atom stereocenters. The Kier molecular flexibility index (Phi) is 9.34. The average molecular weight is 628 g/mol. The van der Waals surface area contributed by atoms with Gasteiger partial charge in [0, 0.05) is 69.5 Å². The molecule has 0 aliphatic carbocycles. The second-order valence-corrected chi connectivity index (χ2v) is 11.2. The molecule has 3 amide bonds. The van der Waals surface area contributed by atoms with Crippen molar-refractivity contribution in [2.45, 2.75) is 13.0 Å². The summed E-state index contributed by atoms with van der Waals surface area (Å²) in [5, 5.41) is 10.5. The van der Waals surface area contributed by atoms with E-state index in [1.165, 1.54) is 6.08 Å². The molecule has 0 radical (unpaired) electrons. The molecule has 2 aliphatic heterocycles. The molecule has 4 aromatic rings. The van der Waals surface area contributed by atoms with Gasteiger partial charge < -0.3 is 20.3 Å². The number of morpholine rings is 1. The van der Waals surface area contributed by atoms with Gasteiger partial charge in [0.05, 0.1) is 24.6 Å². The minimum atomic E-state index is -0.254. The van der Waals surface area contributed by atoms with Crippen molar-refractivity contribution in [2.24, 2.45) is 7.05 Å². The molecule has 2 aromatic heterocycles. The number of aryl methyl sites for hydroxylation is 1. The number of hydrogen-bond acceptors (Lipinski definition) is 8. The fourth-order valence-electron chi connectivity index (χ4n) is 5.26. The number of halogens is 1. The first kappa shape index (κ1) is 30.3. The molecule has 2 N–H and O–H groups in total. The molecular weight excluding hydrogens is 594 g/mol. The number of fused-ring (bicyclic) bond motifs is 1. The molecule has 232 valence electrons. The monoisotopic (exact) mass is 627 g/mol. The highest BCUT2D eigenvalue weighted by Crippen LogP contribution is 2.34. The summed E-state index contributed by atoms with van der Waals surface area (Å²) >= 11 is 6.27. The van der Waals surface area contributed by atoms with Gasteiger partial charge in [-0.05, 0) is 30.2 Å². The van der Waals surface area contributed by atoms with Crippen LogP contribution in [0.1, 0.15) is 11.1 Å². The van der Waals surface area contributed by atoms with Crippen LogP contribution in [0.4, 0.5) is 33.6 Å². The van der Waals surface area contributed by atoms with Gasteiger partial charge in [0.2, 0.25) is 11.9 Å². The first-order valence-corrected chi connectivity index (χ1v) is 15.1. The van der Waals surface area contributed by atoms with Gasteiger partial charge in [0.1, 0.15) is 5.82 Å². The van der Waals surface area contributed by atoms with Crippen LogP contribution in [0, 0.1) is 0 Å².